The molecule has 11 heavy (non-hydrogen) atoms. The molecule has 1 fully saturated rings. The minimum atomic E-state index is 0.401. The van der Waals surface area contributed by atoms with Crippen molar-refractivity contribution in [1.29, 1.82) is 0 Å². The Morgan fingerprint density at radius 1 is 1.27 bits per heavy atom. The molecule has 0 bridgehead atoms. The van der Waals surface area contributed by atoms with E-state index < -0.39 is 0 Å². The van der Waals surface area contributed by atoms with Crippen LogP contribution in [0, 0.1) is 11.8 Å². The normalized spacial score (nSPS) is 31.8. The van der Waals surface area contributed by atoms with Crippen LogP contribution in [0.1, 0.15) is 46.0 Å². The first-order chi connectivity index (χ1) is 5.24. The van der Waals surface area contributed by atoms with Crippen molar-refractivity contribution in [3.63, 3.8) is 0 Å². The molecule has 1 nitrogen and oxygen atoms in total. The standard InChI is InChI=1S/C10H18O/c1-3-9-4-6-10(7-5-9)8(2)11/h9-10H,3-7H2,1-2H3/t9-,10-. The topological polar surface area (TPSA) is 17.1 Å². The van der Waals surface area contributed by atoms with Crippen molar-refractivity contribution in [3.05, 3.63) is 0 Å². The maximum atomic E-state index is 11.0. The molecule has 0 saturated heterocycles. The van der Waals surface area contributed by atoms with Crippen LogP contribution in [0.25, 0.3) is 0 Å². The quantitative estimate of drug-likeness (QED) is 0.597. The molecule has 1 heteroatoms. The summed E-state index contributed by atoms with van der Waals surface area (Å²) in [6.07, 6.45) is 6.15. The van der Waals surface area contributed by atoms with Gasteiger partial charge in [-0.3, -0.25) is 4.79 Å². The lowest BCUT2D eigenvalue weighted by atomic mass is 9.79. The van der Waals surface area contributed by atoms with E-state index in [-0.39, 0.29) is 0 Å². The molecule has 0 spiro atoms. The van der Waals surface area contributed by atoms with Gasteiger partial charge in [0.15, 0.2) is 0 Å². The summed E-state index contributed by atoms with van der Waals surface area (Å²) in [5.74, 6) is 1.71. The highest BCUT2D eigenvalue weighted by Gasteiger charge is 2.22. The van der Waals surface area contributed by atoms with E-state index in [1.165, 1.54) is 19.3 Å². The molecule has 1 saturated carbocycles. The minimum Gasteiger partial charge on any atom is -0.300 e. The molecule has 1 aliphatic rings. The summed E-state index contributed by atoms with van der Waals surface area (Å²) in [6, 6.07) is 0. The third-order valence-electron chi connectivity index (χ3n) is 3.00. The Morgan fingerprint density at radius 3 is 2.18 bits per heavy atom. The van der Waals surface area contributed by atoms with Gasteiger partial charge in [0, 0.05) is 5.92 Å². The average molecular weight is 154 g/mol. The van der Waals surface area contributed by atoms with E-state index >= 15 is 0 Å². The molecule has 0 heterocycles. The summed E-state index contributed by atoms with van der Waals surface area (Å²) in [7, 11) is 0. The van der Waals surface area contributed by atoms with Gasteiger partial charge in [0.25, 0.3) is 0 Å². The number of Topliss-reactive ketones (excluding diaryl/α,β-unsaturated/α-hetero) is 1. The van der Waals surface area contributed by atoms with E-state index in [9.17, 15) is 4.79 Å². The van der Waals surface area contributed by atoms with Crippen LogP contribution in [0.15, 0.2) is 0 Å². The van der Waals surface area contributed by atoms with Gasteiger partial charge in [-0.2, -0.15) is 0 Å². The van der Waals surface area contributed by atoms with Gasteiger partial charge in [0.2, 0.25) is 0 Å². The molecule has 0 unspecified atom stereocenters. The van der Waals surface area contributed by atoms with E-state index in [2.05, 4.69) is 6.92 Å². The summed E-state index contributed by atoms with van der Waals surface area (Å²) < 4.78 is 0. The van der Waals surface area contributed by atoms with Crippen LogP contribution in [0.5, 0.6) is 0 Å². The van der Waals surface area contributed by atoms with Gasteiger partial charge in [-0.05, 0) is 38.5 Å². The molecule has 0 aromatic carbocycles. The Kier molecular flexibility index (Phi) is 3.10. The van der Waals surface area contributed by atoms with Crippen LogP contribution in [0.4, 0.5) is 0 Å². The lowest BCUT2D eigenvalue weighted by Gasteiger charge is -2.25. The highest BCUT2D eigenvalue weighted by molar-refractivity contribution is 5.78. The highest BCUT2D eigenvalue weighted by atomic mass is 16.1. The molecule has 0 radical (unpaired) electrons. The zero-order chi connectivity index (χ0) is 8.27. The summed E-state index contributed by atoms with van der Waals surface area (Å²) in [4.78, 5) is 11.0. The van der Waals surface area contributed by atoms with Gasteiger partial charge < -0.3 is 0 Å². The molecule has 1 rings (SSSR count). The fraction of sp³-hybridized carbons (Fsp3) is 0.900. The lowest BCUT2D eigenvalue weighted by molar-refractivity contribution is -0.121. The first-order valence-corrected chi connectivity index (χ1v) is 4.74. The Balaban J connectivity index is 2.30. The summed E-state index contributed by atoms with van der Waals surface area (Å²) >= 11 is 0. The molecule has 0 amide bonds. The predicted molar refractivity (Wildman–Crippen MR) is 46.4 cm³/mol. The van der Waals surface area contributed by atoms with Gasteiger partial charge in [-0.25, -0.2) is 0 Å². The van der Waals surface area contributed by atoms with Gasteiger partial charge in [0.05, 0.1) is 0 Å². The molecule has 1 aliphatic carbocycles. The Morgan fingerprint density at radius 2 is 1.82 bits per heavy atom. The van der Waals surface area contributed by atoms with E-state index in [4.69, 9.17) is 0 Å². The second-order valence-corrected chi connectivity index (χ2v) is 3.74. The zero-order valence-electron chi connectivity index (χ0n) is 7.60. The van der Waals surface area contributed by atoms with Crippen LogP contribution in [-0.2, 0) is 4.79 Å². The SMILES string of the molecule is CC[C@H]1CC[C@H](C(C)=O)CC1. The molecule has 0 aromatic heterocycles. The fourth-order valence-electron chi connectivity index (χ4n) is 1.98. The van der Waals surface area contributed by atoms with Crippen molar-refractivity contribution in [2.45, 2.75) is 46.0 Å². The van der Waals surface area contributed by atoms with E-state index in [1.54, 1.807) is 6.92 Å². The number of carbonyl (C=O) groups is 1. The minimum absolute atomic E-state index is 0.401. The molecule has 64 valence electrons. The molecular weight excluding hydrogens is 136 g/mol. The number of carbonyl (C=O) groups excluding carboxylic acids is 1. The number of rotatable bonds is 2. The van der Waals surface area contributed by atoms with Crippen molar-refractivity contribution in [2.24, 2.45) is 11.8 Å². The van der Waals surface area contributed by atoms with Crippen LogP contribution < -0.4 is 0 Å². The van der Waals surface area contributed by atoms with Crippen molar-refractivity contribution in [2.75, 3.05) is 0 Å². The molecular formula is C10H18O. The van der Waals surface area contributed by atoms with Crippen molar-refractivity contribution in [3.8, 4) is 0 Å². The average Bonchev–Trinajstić information content (AvgIpc) is 2.05. The van der Waals surface area contributed by atoms with Crippen LogP contribution >= 0.6 is 0 Å². The van der Waals surface area contributed by atoms with Gasteiger partial charge in [0.1, 0.15) is 5.78 Å². The number of hydrogen-bond donors (Lipinski definition) is 0. The maximum Gasteiger partial charge on any atom is 0.132 e. The van der Waals surface area contributed by atoms with Crippen molar-refractivity contribution in [1.82, 2.24) is 0 Å². The van der Waals surface area contributed by atoms with Crippen LogP contribution in [-0.4, -0.2) is 5.78 Å². The third kappa shape index (κ3) is 2.32. The first kappa shape index (κ1) is 8.76. The lowest BCUT2D eigenvalue weighted by Crippen LogP contribution is -2.19. The molecule has 0 aromatic rings. The van der Waals surface area contributed by atoms with Gasteiger partial charge in [-0.1, -0.05) is 13.3 Å². The summed E-state index contributed by atoms with van der Waals surface area (Å²) in [6.45, 7) is 3.98. The van der Waals surface area contributed by atoms with E-state index in [0.717, 1.165) is 18.8 Å². The Bertz CT molecular complexity index is 132. The van der Waals surface area contributed by atoms with Crippen LogP contribution in [0.2, 0.25) is 0 Å². The molecule has 0 atom stereocenters. The fourth-order valence-corrected chi connectivity index (χ4v) is 1.98. The van der Waals surface area contributed by atoms with Gasteiger partial charge in [-0.15, -0.1) is 0 Å². The van der Waals surface area contributed by atoms with Crippen molar-refractivity contribution >= 4 is 5.78 Å². The second-order valence-electron chi connectivity index (χ2n) is 3.74. The van der Waals surface area contributed by atoms with Gasteiger partial charge >= 0.3 is 0 Å². The monoisotopic (exact) mass is 154 g/mol. The zero-order valence-corrected chi connectivity index (χ0v) is 7.60. The highest BCUT2D eigenvalue weighted by Crippen LogP contribution is 2.30. The van der Waals surface area contributed by atoms with E-state index in [1.807, 2.05) is 0 Å². The summed E-state index contributed by atoms with van der Waals surface area (Å²) in [5.41, 5.74) is 0. The smallest absolute Gasteiger partial charge is 0.132 e. The first-order valence-electron chi connectivity index (χ1n) is 4.74. The predicted octanol–water partition coefficient (Wildman–Crippen LogP) is 2.79. The summed E-state index contributed by atoms with van der Waals surface area (Å²) in [5, 5.41) is 0. The largest absolute Gasteiger partial charge is 0.300 e. The Hall–Kier alpha value is -0.330. The second kappa shape index (κ2) is 3.89. The van der Waals surface area contributed by atoms with Crippen molar-refractivity contribution < 1.29 is 4.79 Å². The molecule has 0 N–H and O–H groups in total. The Labute approximate surface area is 69.2 Å². The van der Waals surface area contributed by atoms with E-state index in [0.29, 0.717) is 11.7 Å². The molecule has 0 aliphatic heterocycles. The number of ketones is 1. The number of hydrogen-bond acceptors (Lipinski definition) is 1. The third-order valence-corrected chi connectivity index (χ3v) is 3.00. The van der Waals surface area contributed by atoms with Crippen LogP contribution in [0.3, 0.4) is 0 Å². The maximum absolute atomic E-state index is 11.0.